The van der Waals surface area contributed by atoms with Crippen LogP contribution in [0.3, 0.4) is 0 Å². The summed E-state index contributed by atoms with van der Waals surface area (Å²) in [6.45, 7) is 2.54. The van der Waals surface area contributed by atoms with Gasteiger partial charge in [-0.15, -0.1) is 0 Å². The molecule has 1 heterocycles. The topological polar surface area (TPSA) is 90.2 Å². The molecule has 0 amide bonds. The molecule has 0 unspecified atom stereocenters. The zero-order chi connectivity index (χ0) is 15.2. The fraction of sp³-hybridized carbons (Fsp3) is 0.231. The molecule has 0 saturated carbocycles. The minimum absolute atomic E-state index is 0.132. The standard InChI is InChI=1S/C13H14N4O3S/c1-3-14-13-15-8-9(17(18)19)12(16-13)21-11-7-5-4-6-10(11)20-2/h4-8H,3H2,1-2H3,(H,14,15,16). The van der Waals surface area contributed by atoms with Crippen LogP contribution in [0.4, 0.5) is 11.6 Å². The van der Waals surface area contributed by atoms with E-state index >= 15 is 0 Å². The van der Waals surface area contributed by atoms with Crippen molar-refractivity contribution >= 4 is 23.4 Å². The number of benzene rings is 1. The van der Waals surface area contributed by atoms with Crippen molar-refractivity contribution in [3.05, 3.63) is 40.6 Å². The molecule has 1 N–H and O–H groups in total. The third kappa shape index (κ3) is 3.60. The van der Waals surface area contributed by atoms with Crippen LogP contribution in [0.25, 0.3) is 0 Å². The van der Waals surface area contributed by atoms with Crippen molar-refractivity contribution in [3.63, 3.8) is 0 Å². The Labute approximate surface area is 125 Å². The summed E-state index contributed by atoms with van der Waals surface area (Å²) in [6.07, 6.45) is 1.21. The van der Waals surface area contributed by atoms with Crippen LogP contribution in [0, 0.1) is 10.1 Å². The third-order valence-electron chi connectivity index (χ3n) is 2.54. The molecule has 21 heavy (non-hydrogen) atoms. The van der Waals surface area contributed by atoms with Crippen LogP contribution in [-0.4, -0.2) is 28.5 Å². The molecule has 0 spiro atoms. The zero-order valence-corrected chi connectivity index (χ0v) is 12.4. The maximum absolute atomic E-state index is 11.1. The summed E-state index contributed by atoms with van der Waals surface area (Å²) < 4.78 is 5.25. The van der Waals surface area contributed by atoms with Crippen molar-refractivity contribution in [1.82, 2.24) is 9.97 Å². The van der Waals surface area contributed by atoms with Gasteiger partial charge >= 0.3 is 5.69 Å². The van der Waals surface area contributed by atoms with Gasteiger partial charge in [0, 0.05) is 6.54 Å². The number of nitro groups is 1. The number of rotatable bonds is 6. The Balaban J connectivity index is 2.40. The highest BCUT2D eigenvalue weighted by molar-refractivity contribution is 7.99. The molecule has 1 aromatic carbocycles. The van der Waals surface area contributed by atoms with Gasteiger partial charge in [-0.3, -0.25) is 10.1 Å². The van der Waals surface area contributed by atoms with Gasteiger partial charge in [0.05, 0.1) is 16.9 Å². The van der Waals surface area contributed by atoms with Crippen LogP contribution < -0.4 is 10.1 Å². The van der Waals surface area contributed by atoms with Crippen LogP contribution in [0.1, 0.15) is 6.92 Å². The Bertz CT molecular complexity index is 651. The SMILES string of the molecule is CCNc1ncc([N+](=O)[O-])c(Sc2ccccc2OC)n1. The minimum Gasteiger partial charge on any atom is -0.496 e. The predicted octanol–water partition coefficient (Wildman–Crippen LogP) is 2.98. The quantitative estimate of drug-likeness (QED) is 0.498. The second-order valence-corrected chi connectivity index (χ2v) is 4.96. The predicted molar refractivity (Wildman–Crippen MR) is 80.0 cm³/mol. The number of aromatic nitrogens is 2. The molecule has 1 aromatic heterocycles. The summed E-state index contributed by atoms with van der Waals surface area (Å²) in [7, 11) is 1.55. The highest BCUT2D eigenvalue weighted by Gasteiger charge is 2.19. The van der Waals surface area contributed by atoms with E-state index in [0.29, 0.717) is 18.2 Å². The lowest BCUT2D eigenvalue weighted by molar-refractivity contribution is -0.388. The van der Waals surface area contributed by atoms with Gasteiger partial charge in [-0.05, 0) is 19.1 Å². The number of anilines is 1. The molecule has 0 saturated heterocycles. The van der Waals surface area contributed by atoms with Gasteiger partial charge in [0.1, 0.15) is 11.9 Å². The molecule has 0 aliphatic carbocycles. The van der Waals surface area contributed by atoms with Gasteiger partial charge in [0.25, 0.3) is 0 Å². The van der Waals surface area contributed by atoms with Crippen molar-refractivity contribution in [2.24, 2.45) is 0 Å². The number of nitrogens with zero attached hydrogens (tertiary/aromatic N) is 3. The average molecular weight is 306 g/mol. The number of hydrogen-bond acceptors (Lipinski definition) is 7. The van der Waals surface area contributed by atoms with Crippen LogP contribution >= 0.6 is 11.8 Å². The molecule has 0 aliphatic rings. The summed E-state index contributed by atoms with van der Waals surface area (Å²) in [5.74, 6) is 1.00. The first-order valence-corrected chi connectivity index (χ1v) is 7.03. The van der Waals surface area contributed by atoms with Crippen molar-refractivity contribution in [2.45, 2.75) is 16.8 Å². The molecule has 0 bridgehead atoms. The van der Waals surface area contributed by atoms with Crippen molar-refractivity contribution in [1.29, 1.82) is 0 Å². The normalized spacial score (nSPS) is 10.2. The van der Waals surface area contributed by atoms with E-state index in [9.17, 15) is 10.1 Å². The highest BCUT2D eigenvalue weighted by atomic mass is 32.2. The summed E-state index contributed by atoms with van der Waals surface area (Å²) in [5.41, 5.74) is -0.132. The molecule has 0 atom stereocenters. The van der Waals surface area contributed by atoms with E-state index in [1.807, 2.05) is 25.1 Å². The molecule has 2 aromatic rings. The van der Waals surface area contributed by atoms with E-state index in [2.05, 4.69) is 15.3 Å². The van der Waals surface area contributed by atoms with Gasteiger partial charge in [-0.1, -0.05) is 23.9 Å². The summed E-state index contributed by atoms with van der Waals surface area (Å²) in [4.78, 5) is 19.5. The van der Waals surface area contributed by atoms with Crippen molar-refractivity contribution in [3.8, 4) is 5.75 Å². The lowest BCUT2D eigenvalue weighted by Crippen LogP contribution is -2.04. The third-order valence-corrected chi connectivity index (χ3v) is 3.59. The Morgan fingerprint density at radius 1 is 1.43 bits per heavy atom. The fourth-order valence-corrected chi connectivity index (χ4v) is 2.58. The number of para-hydroxylation sites is 1. The molecule has 0 radical (unpaired) electrons. The first-order chi connectivity index (χ1) is 10.2. The molecule has 0 fully saturated rings. The van der Waals surface area contributed by atoms with Gasteiger partial charge in [-0.2, -0.15) is 4.98 Å². The molecule has 2 rings (SSSR count). The van der Waals surface area contributed by atoms with Crippen LogP contribution in [0.5, 0.6) is 5.75 Å². The lowest BCUT2D eigenvalue weighted by atomic mass is 10.3. The van der Waals surface area contributed by atoms with Crippen LogP contribution in [0.15, 0.2) is 40.4 Å². The summed E-state index contributed by atoms with van der Waals surface area (Å²) >= 11 is 1.18. The first kappa shape index (κ1) is 15.0. The van der Waals surface area contributed by atoms with Crippen molar-refractivity contribution in [2.75, 3.05) is 19.0 Å². The van der Waals surface area contributed by atoms with Crippen LogP contribution in [-0.2, 0) is 0 Å². The van der Waals surface area contributed by atoms with E-state index in [1.165, 1.54) is 18.0 Å². The average Bonchev–Trinajstić information content (AvgIpc) is 2.48. The van der Waals surface area contributed by atoms with E-state index in [1.54, 1.807) is 13.2 Å². The first-order valence-electron chi connectivity index (χ1n) is 6.22. The lowest BCUT2D eigenvalue weighted by Gasteiger charge is -2.08. The summed E-state index contributed by atoms with van der Waals surface area (Å²) in [6, 6.07) is 7.28. The number of nitrogens with one attached hydrogen (secondary N) is 1. The molecular formula is C13H14N4O3S. The number of hydrogen-bond donors (Lipinski definition) is 1. The highest BCUT2D eigenvalue weighted by Crippen LogP contribution is 2.37. The monoisotopic (exact) mass is 306 g/mol. The number of ether oxygens (including phenoxy) is 1. The fourth-order valence-electron chi connectivity index (χ4n) is 1.61. The maximum Gasteiger partial charge on any atom is 0.320 e. The largest absolute Gasteiger partial charge is 0.496 e. The number of methoxy groups -OCH3 is 1. The van der Waals surface area contributed by atoms with Gasteiger partial charge in [0.2, 0.25) is 5.95 Å². The van der Waals surface area contributed by atoms with E-state index in [-0.39, 0.29) is 10.7 Å². The van der Waals surface area contributed by atoms with Gasteiger partial charge in [0.15, 0.2) is 5.03 Å². The van der Waals surface area contributed by atoms with Gasteiger partial charge < -0.3 is 10.1 Å². The molecule has 110 valence electrons. The molecule has 8 heteroatoms. The smallest absolute Gasteiger partial charge is 0.320 e. The minimum atomic E-state index is -0.493. The van der Waals surface area contributed by atoms with Gasteiger partial charge in [-0.25, -0.2) is 4.98 Å². The van der Waals surface area contributed by atoms with E-state index in [4.69, 9.17) is 4.74 Å². The Morgan fingerprint density at radius 3 is 2.86 bits per heavy atom. The Hall–Kier alpha value is -2.35. The molecule has 7 nitrogen and oxygen atoms in total. The second-order valence-electron chi connectivity index (χ2n) is 3.92. The molecular weight excluding hydrogens is 292 g/mol. The summed E-state index contributed by atoms with van der Waals surface area (Å²) in [5, 5.41) is 14.3. The van der Waals surface area contributed by atoms with Crippen molar-refractivity contribution < 1.29 is 9.66 Å². The van der Waals surface area contributed by atoms with Crippen LogP contribution in [0.2, 0.25) is 0 Å². The van der Waals surface area contributed by atoms with E-state index < -0.39 is 4.92 Å². The second kappa shape index (κ2) is 6.89. The zero-order valence-electron chi connectivity index (χ0n) is 11.6. The molecule has 0 aliphatic heterocycles. The van der Waals surface area contributed by atoms with E-state index in [0.717, 1.165) is 4.90 Å². The Kier molecular flexibility index (Phi) is 4.94. The maximum atomic E-state index is 11.1. The Morgan fingerprint density at radius 2 is 2.19 bits per heavy atom.